The highest BCUT2D eigenvalue weighted by Gasteiger charge is 2.36. The lowest BCUT2D eigenvalue weighted by Gasteiger charge is -2.05. The first kappa shape index (κ1) is 30.5. The first-order chi connectivity index (χ1) is 16.3. The lowest BCUT2D eigenvalue weighted by molar-refractivity contribution is -0.143. The maximum atomic E-state index is 11.8. The molecule has 0 spiro atoms. The maximum Gasteiger partial charge on any atom is 0.305 e. The summed E-state index contributed by atoms with van der Waals surface area (Å²) in [5, 5.41) is 0. The van der Waals surface area contributed by atoms with Crippen LogP contribution in [0.5, 0.6) is 0 Å². The Morgan fingerprint density at radius 2 is 0.939 bits per heavy atom. The quantitative estimate of drug-likeness (QED) is 0.0723. The molecule has 0 aromatic carbocycles. The van der Waals surface area contributed by atoms with Gasteiger partial charge in [0.1, 0.15) is 0 Å². The molecule has 196 valence electrons. The molecule has 0 saturated carbocycles. The van der Waals surface area contributed by atoms with Crippen LogP contribution in [0, 0.1) is 0 Å². The second-order valence-electron chi connectivity index (χ2n) is 10.5. The number of esters is 1. The summed E-state index contributed by atoms with van der Waals surface area (Å²) in [6.45, 7) is 5.17. The number of rotatable bonds is 26. The van der Waals surface area contributed by atoms with Crippen LogP contribution in [0.3, 0.4) is 0 Å². The van der Waals surface area contributed by atoms with E-state index in [0.29, 0.717) is 25.2 Å². The summed E-state index contributed by atoms with van der Waals surface area (Å²) in [6, 6.07) is 0. The minimum Gasteiger partial charge on any atom is -0.466 e. The van der Waals surface area contributed by atoms with Crippen LogP contribution in [-0.4, -0.2) is 24.8 Å². The Bertz CT molecular complexity index is 423. The van der Waals surface area contributed by atoms with Gasteiger partial charge in [0.25, 0.3) is 0 Å². The predicted molar refractivity (Wildman–Crippen MR) is 142 cm³/mol. The fourth-order valence-electron chi connectivity index (χ4n) is 4.81. The fraction of sp³-hybridized carbons (Fsp3) is 0.967. The topological polar surface area (TPSA) is 38.8 Å². The normalized spacial score (nSPS) is 17.4. The van der Waals surface area contributed by atoms with Crippen molar-refractivity contribution in [3.8, 4) is 0 Å². The summed E-state index contributed by atoms with van der Waals surface area (Å²) in [7, 11) is 0. The fourth-order valence-corrected chi connectivity index (χ4v) is 4.81. The second kappa shape index (κ2) is 23.2. The van der Waals surface area contributed by atoms with Crippen molar-refractivity contribution >= 4 is 5.97 Å². The van der Waals surface area contributed by atoms with Crippen molar-refractivity contribution in [1.29, 1.82) is 0 Å². The minimum atomic E-state index is 0.00911. The van der Waals surface area contributed by atoms with Crippen molar-refractivity contribution in [2.75, 3.05) is 6.61 Å². The molecule has 0 unspecified atom stereocenters. The second-order valence-corrected chi connectivity index (χ2v) is 10.5. The minimum absolute atomic E-state index is 0.00911. The molecular weight excluding hydrogens is 408 g/mol. The van der Waals surface area contributed by atoms with Crippen LogP contribution in [0.15, 0.2) is 0 Å². The molecular formula is C30H58O3. The lowest BCUT2D eigenvalue weighted by Crippen LogP contribution is -2.05. The van der Waals surface area contributed by atoms with Gasteiger partial charge < -0.3 is 9.47 Å². The Hall–Kier alpha value is -0.570. The van der Waals surface area contributed by atoms with Gasteiger partial charge in [0.15, 0.2) is 0 Å². The number of ether oxygens (including phenoxy) is 2. The van der Waals surface area contributed by atoms with Crippen LogP contribution in [0.4, 0.5) is 0 Å². The van der Waals surface area contributed by atoms with E-state index in [0.717, 1.165) is 19.3 Å². The zero-order chi connectivity index (χ0) is 23.8. The molecule has 1 saturated heterocycles. The van der Waals surface area contributed by atoms with E-state index in [4.69, 9.17) is 9.47 Å². The van der Waals surface area contributed by atoms with Crippen LogP contribution < -0.4 is 0 Å². The molecule has 1 heterocycles. The Kier molecular flexibility index (Phi) is 21.4. The van der Waals surface area contributed by atoms with Crippen molar-refractivity contribution < 1.29 is 14.3 Å². The van der Waals surface area contributed by atoms with Crippen LogP contribution in [0.25, 0.3) is 0 Å². The predicted octanol–water partition coefficient (Wildman–Crippen LogP) is 9.70. The molecule has 0 aromatic rings. The van der Waals surface area contributed by atoms with Crippen molar-refractivity contribution in [3.63, 3.8) is 0 Å². The Labute approximate surface area is 207 Å². The van der Waals surface area contributed by atoms with Crippen LogP contribution in [0.2, 0.25) is 0 Å². The summed E-state index contributed by atoms with van der Waals surface area (Å²) in [4.78, 5) is 11.8. The molecule has 1 fully saturated rings. The van der Waals surface area contributed by atoms with E-state index in [1.807, 2.05) is 0 Å². The maximum absolute atomic E-state index is 11.8. The molecule has 0 N–H and O–H groups in total. The average molecular weight is 467 g/mol. The van der Waals surface area contributed by atoms with Crippen LogP contribution in [0.1, 0.15) is 168 Å². The third-order valence-corrected chi connectivity index (χ3v) is 7.16. The van der Waals surface area contributed by atoms with Crippen LogP contribution >= 0.6 is 0 Å². The zero-order valence-electron chi connectivity index (χ0n) is 22.6. The third-order valence-electron chi connectivity index (χ3n) is 7.16. The van der Waals surface area contributed by atoms with Gasteiger partial charge in [-0.05, 0) is 25.7 Å². The molecule has 3 heteroatoms. The van der Waals surface area contributed by atoms with Crippen LogP contribution in [-0.2, 0) is 14.3 Å². The average Bonchev–Trinajstić information content (AvgIpc) is 3.57. The SMILES string of the molecule is CCCCCCCCCCCCOC(=O)CCCCCCC[C@H]1O[C@H]1CCCCCCCC. The Balaban J connectivity index is 1.73. The molecule has 0 amide bonds. The summed E-state index contributed by atoms with van der Waals surface area (Å²) in [5.74, 6) is 0.00911. The highest BCUT2D eigenvalue weighted by molar-refractivity contribution is 5.69. The van der Waals surface area contributed by atoms with E-state index in [9.17, 15) is 4.79 Å². The number of epoxide rings is 1. The van der Waals surface area contributed by atoms with Gasteiger partial charge in [-0.15, -0.1) is 0 Å². The lowest BCUT2D eigenvalue weighted by atomic mass is 10.0. The van der Waals surface area contributed by atoms with Crippen molar-refractivity contribution in [2.24, 2.45) is 0 Å². The number of hydrogen-bond donors (Lipinski definition) is 0. The molecule has 0 bridgehead atoms. The molecule has 1 aliphatic rings. The van der Waals surface area contributed by atoms with Crippen molar-refractivity contribution in [3.05, 3.63) is 0 Å². The summed E-state index contributed by atoms with van der Waals surface area (Å²) in [6.07, 6.45) is 31.6. The van der Waals surface area contributed by atoms with Gasteiger partial charge in [0.05, 0.1) is 18.8 Å². The molecule has 2 atom stereocenters. The van der Waals surface area contributed by atoms with E-state index >= 15 is 0 Å². The molecule has 1 rings (SSSR count). The molecule has 0 aliphatic carbocycles. The Morgan fingerprint density at radius 3 is 1.42 bits per heavy atom. The van der Waals surface area contributed by atoms with Gasteiger partial charge >= 0.3 is 5.97 Å². The van der Waals surface area contributed by atoms with Gasteiger partial charge in [-0.1, -0.05) is 136 Å². The molecule has 0 radical (unpaired) electrons. The number of carbonyl (C=O) groups excluding carboxylic acids is 1. The first-order valence-electron chi connectivity index (χ1n) is 15.1. The first-order valence-corrected chi connectivity index (χ1v) is 15.1. The number of hydrogen-bond acceptors (Lipinski definition) is 3. The molecule has 3 nitrogen and oxygen atoms in total. The van der Waals surface area contributed by atoms with E-state index in [-0.39, 0.29) is 5.97 Å². The van der Waals surface area contributed by atoms with Gasteiger partial charge in [-0.2, -0.15) is 0 Å². The van der Waals surface area contributed by atoms with Gasteiger partial charge in [0, 0.05) is 6.42 Å². The highest BCUT2D eigenvalue weighted by Crippen LogP contribution is 2.31. The van der Waals surface area contributed by atoms with E-state index in [1.165, 1.54) is 128 Å². The molecule has 0 aromatic heterocycles. The highest BCUT2D eigenvalue weighted by atomic mass is 16.6. The van der Waals surface area contributed by atoms with E-state index in [2.05, 4.69) is 13.8 Å². The van der Waals surface area contributed by atoms with Gasteiger partial charge in [-0.25, -0.2) is 0 Å². The smallest absolute Gasteiger partial charge is 0.305 e. The number of carbonyl (C=O) groups is 1. The molecule has 33 heavy (non-hydrogen) atoms. The van der Waals surface area contributed by atoms with E-state index in [1.54, 1.807) is 0 Å². The summed E-state index contributed by atoms with van der Waals surface area (Å²) >= 11 is 0. The van der Waals surface area contributed by atoms with Crippen molar-refractivity contribution in [2.45, 2.75) is 180 Å². The standard InChI is InChI=1S/C30H58O3/c1-3-5-7-9-11-12-13-14-19-23-27-32-30(31)26-22-18-15-17-21-25-29-28(33-29)24-20-16-10-8-6-4-2/h28-29H,3-27H2,1-2H3/t28-,29+/m0/s1. The van der Waals surface area contributed by atoms with E-state index < -0.39 is 0 Å². The third kappa shape index (κ3) is 20.5. The van der Waals surface area contributed by atoms with Gasteiger partial charge in [-0.3, -0.25) is 4.79 Å². The molecule has 1 aliphatic heterocycles. The summed E-state index contributed by atoms with van der Waals surface area (Å²) in [5.41, 5.74) is 0. The summed E-state index contributed by atoms with van der Waals surface area (Å²) < 4.78 is 11.2. The Morgan fingerprint density at radius 1 is 0.545 bits per heavy atom. The largest absolute Gasteiger partial charge is 0.466 e. The van der Waals surface area contributed by atoms with Crippen molar-refractivity contribution in [1.82, 2.24) is 0 Å². The number of unbranched alkanes of at least 4 members (excludes halogenated alkanes) is 18. The monoisotopic (exact) mass is 466 g/mol. The zero-order valence-corrected chi connectivity index (χ0v) is 22.6. The van der Waals surface area contributed by atoms with Gasteiger partial charge in [0.2, 0.25) is 0 Å².